The molecule has 8 heteroatoms. The molecule has 0 saturated carbocycles. The Morgan fingerprint density at radius 1 is 1.09 bits per heavy atom. The predicted molar refractivity (Wildman–Crippen MR) is 125 cm³/mol. The molecule has 0 bridgehead atoms. The summed E-state index contributed by atoms with van der Waals surface area (Å²) in [5, 5.41) is 2.79. The first kappa shape index (κ1) is 22.0. The van der Waals surface area contributed by atoms with Crippen molar-refractivity contribution in [1.82, 2.24) is 15.0 Å². The van der Waals surface area contributed by atoms with Gasteiger partial charge in [-0.05, 0) is 55.8 Å². The van der Waals surface area contributed by atoms with E-state index in [0.29, 0.717) is 46.9 Å². The Morgan fingerprint density at radius 2 is 1.94 bits per heavy atom. The van der Waals surface area contributed by atoms with Crippen LogP contribution in [0.5, 0.6) is 5.75 Å². The molecule has 0 aliphatic carbocycles. The van der Waals surface area contributed by atoms with E-state index in [1.54, 1.807) is 55.7 Å². The molecule has 1 amide bonds. The normalized spacial score (nSPS) is 11.7. The van der Waals surface area contributed by atoms with Crippen molar-refractivity contribution >= 4 is 28.6 Å². The van der Waals surface area contributed by atoms with Crippen molar-refractivity contribution in [3.05, 3.63) is 72.6 Å². The minimum atomic E-state index is -0.949. The maximum Gasteiger partial charge on any atom is 0.338 e. The number of pyridine rings is 1. The number of aromatic amines is 1. The number of benzene rings is 2. The number of aromatic nitrogens is 3. The molecule has 0 radical (unpaired) electrons. The van der Waals surface area contributed by atoms with Crippen LogP contribution in [0.2, 0.25) is 0 Å². The number of fused-ring (bicyclic) bond motifs is 1. The first-order valence-corrected chi connectivity index (χ1v) is 10.7. The summed E-state index contributed by atoms with van der Waals surface area (Å²) in [6.07, 6.45) is 2.78. The topological polar surface area (TPSA) is 106 Å². The average Bonchev–Trinajstić information content (AvgIpc) is 3.28. The van der Waals surface area contributed by atoms with E-state index in [4.69, 9.17) is 9.47 Å². The number of carbonyl (C=O) groups excluding carboxylic acids is 2. The maximum atomic E-state index is 12.8. The Labute approximate surface area is 191 Å². The fraction of sp³-hybridized carbons (Fsp3) is 0.200. The second-order valence-corrected chi connectivity index (χ2v) is 7.28. The number of anilines is 1. The van der Waals surface area contributed by atoms with Gasteiger partial charge in [-0.25, -0.2) is 9.78 Å². The van der Waals surface area contributed by atoms with Gasteiger partial charge in [0.25, 0.3) is 5.91 Å². The van der Waals surface area contributed by atoms with Crippen molar-refractivity contribution in [3.8, 4) is 17.1 Å². The zero-order valence-corrected chi connectivity index (χ0v) is 18.4. The molecule has 0 spiro atoms. The predicted octanol–water partition coefficient (Wildman–Crippen LogP) is 4.60. The van der Waals surface area contributed by atoms with E-state index in [1.165, 1.54) is 0 Å². The van der Waals surface area contributed by atoms with Crippen molar-refractivity contribution in [2.24, 2.45) is 0 Å². The van der Waals surface area contributed by atoms with Crippen molar-refractivity contribution in [1.29, 1.82) is 0 Å². The fourth-order valence-corrected chi connectivity index (χ4v) is 3.36. The van der Waals surface area contributed by atoms with E-state index in [2.05, 4.69) is 20.3 Å². The SMILES string of the molecule is CCOc1ccccc1NC(=O)C(CC)OC(=O)c1ccc2nc(-c3cccnc3)[nH]c2c1. The van der Waals surface area contributed by atoms with Gasteiger partial charge in [0, 0.05) is 18.0 Å². The van der Waals surface area contributed by atoms with Crippen LogP contribution in [0.4, 0.5) is 5.69 Å². The van der Waals surface area contributed by atoms with Crippen LogP contribution in [-0.4, -0.2) is 39.5 Å². The van der Waals surface area contributed by atoms with Crippen molar-refractivity contribution in [2.75, 3.05) is 11.9 Å². The van der Waals surface area contributed by atoms with Gasteiger partial charge < -0.3 is 19.8 Å². The van der Waals surface area contributed by atoms with Crippen LogP contribution in [0.25, 0.3) is 22.4 Å². The lowest BCUT2D eigenvalue weighted by molar-refractivity contribution is -0.124. The lowest BCUT2D eigenvalue weighted by atomic mass is 10.2. The average molecular weight is 444 g/mol. The molecule has 2 N–H and O–H groups in total. The molecule has 0 fully saturated rings. The number of nitrogens with zero attached hydrogens (tertiary/aromatic N) is 2. The number of hydrogen-bond acceptors (Lipinski definition) is 6. The summed E-state index contributed by atoms with van der Waals surface area (Å²) in [7, 11) is 0. The minimum absolute atomic E-state index is 0.324. The van der Waals surface area contributed by atoms with Crippen LogP contribution in [0.1, 0.15) is 30.6 Å². The zero-order chi connectivity index (χ0) is 23.2. The van der Waals surface area contributed by atoms with Gasteiger partial charge in [0.15, 0.2) is 6.10 Å². The molecular formula is C25H24N4O4. The number of rotatable bonds is 8. The molecule has 2 aromatic carbocycles. The highest BCUT2D eigenvalue weighted by Gasteiger charge is 2.23. The smallest absolute Gasteiger partial charge is 0.338 e. The summed E-state index contributed by atoms with van der Waals surface area (Å²) < 4.78 is 11.1. The summed E-state index contributed by atoms with van der Waals surface area (Å²) in [5.41, 5.74) is 3.09. The summed E-state index contributed by atoms with van der Waals surface area (Å²) in [6, 6.07) is 15.9. The van der Waals surface area contributed by atoms with Crippen molar-refractivity contribution in [3.63, 3.8) is 0 Å². The fourth-order valence-electron chi connectivity index (χ4n) is 3.36. The van der Waals surface area contributed by atoms with E-state index in [0.717, 1.165) is 5.56 Å². The van der Waals surface area contributed by atoms with Gasteiger partial charge >= 0.3 is 5.97 Å². The molecule has 33 heavy (non-hydrogen) atoms. The Hall–Kier alpha value is -4.20. The molecule has 0 aliphatic rings. The second-order valence-electron chi connectivity index (χ2n) is 7.28. The first-order valence-electron chi connectivity index (χ1n) is 10.7. The number of hydrogen-bond donors (Lipinski definition) is 2. The molecule has 8 nitrogen and oxygen atoms in total. The number of para-hydroxylation sites is 2. The summed E-state index contributed by atoms with van der Waals surface area (Å²) in [5.74, 6) is 0.208. The number of ether oxygens (including phenoxy) is 2. The van der Waals surface area contributed by atoms with Gasteiger partial charge in [-0.15, -0.1) is 0 Å². The Morgan fingerprint density at radius 3 is 2.70 bits per heavy atom. The number of H-pyrrole nitrogens is 1. The third-order valence-electron chi connectivity index (χ3n) is 5.01. The molecule has 2 heterocycles. The Kier molecular flexibility index (Phi) is 6.64. The minimum Gasteiger partial charge on any atom is -0.492 e. The van der Waals surface area contributed by atoms with E-state index >= 15 is 0 Å². The molecule has 0 saturated heterocycles. The van der Waals surface area contributed by atoms with Gasteiger partial charge in [-0.3, -0.25) is 9.78 Å². The summed E-state index contributed by atoms with van der Waals surface area (Å²) in [4.78, 5) is 37.4. The zero-order valence-electron chi connectivity index (χ0n) is 18.4. The third kappa shape index (κ3) is 5.01. The quantitative estimate of drug-likeness (QED) is 0.385. The molecule has 168 valence electrons. The van der Waals surface area contributed by atoms with E-state index in [9.17, 15) is 9.59 Å². The van der Waals surface area contributed by atoms with E-state index in [1.807, 2.05) is 25.1 Å². The molecule has 1 atom stereocenters. The lowest BCUT2D eigenvalue weighted by Gasteiger charge is -2.17. The van der Waals surface area contributed by atoms with E-state index in [-0.39, 0.29) is 0 Å². The van der Waals surface area contributed by atoms with Gasteiger partial charge in [0.2, 0.25) is 0 Å². The van der Waals surface area contributed by atoms with E-state index < -0.39 is 18.0 Å². The number of imidazole rings is 1. The Balaban J connectivity index is 1.48. The number of amides is 1. The van der Waals surface area contributed by atoms with Crippen LogP contribution in [0.3, 0.4) is 0 Å². The maximum absolute atomic E-state index is 12.8. The van der Waals surface area contributed by atoms with Crippen LogP contribution in [-0.2, 0) is 9.53 Å². The van der Waals surface area contributed by atoms with Crippen molar-refractivity contribution < 1.29 is 19.1 Å². The highest BCUT2D eigenvalue weighted by atomic mass is 16.5. The van der Waals surface area contributed by atoms with Crippen LogP contribution in [0, 0.1) is 0 Å². The van der Waals surface area contributed by atoms with Crippen molar-refractivity contribution in [2.45, 2.75) is 26.4 Å². The highest BCUT2D eigenvalue weighted by Crippen LogP contribution is 2.25. The lowest BCUT2D eigenvalue weighted by Crippen LogP contribution is -2.32. The largest absolute Gasteiger partial charge is 0.492 e. The first-order chi connectivity index (χ1) is 16.1. The molecule has 0 aliphatic heterocycles. The number of esters is 1. The Bertz CT molecular complexity index is 1270. The second kappa shape index (κ2) is 9.95. The number of nitrogens with one attached hydrogen (secondary N) is 2. The van der Waals surface area contributed by atoms with Gasteiger partial charge in [-0.1, -0.05) is 19.1 Å². The highest BCUT2D eigenvalue weighted by molar-refractivity contribution is 5.99. The summed E-state index contributed by atoms with van der Waals surface area (Å²) >= 11 is 0. The number of carbonyl (C=O) groups is 2. The van der Waals surface area contributed by atoms with Gasteiger partial charge in [0.1, 0.15) is 11.6 Å². The molecule has 4 rings (SSSR count). The molecule has 4 aromatic rings. The van der Waals surface area contributed by atoms with Crippen LogP contribution >= 0.6 is 0 Å². The van der Waals surface area contributed by atoms with Gasteiger partial charge in [-0.2, -0.15) is 0 Å². The van der Waals surface area contributed by atoms with Gasteiger partial charge in [0.05, 0.1) is 28.9 Å². The summed E-state index contributed by atoms with van der Waals surface area (Å²) in [6.45, 7) is 4.12. The molecule has 1 unspecified atom stereocenters. The standard InChI is InChI=1S/C25H24N4O4/c1-3-21(24(30)29-19-9-5-6-10-22(19)32-4-2)33-25(31)16-11-12-18-20(14-16)28-23(27-18)17-8-7-13-26-15-17/h5-15,21H,3-4H2,1-2H3,(H,27,28)(H,29,30). The van der Waals surface area contributed by atoms with Crippen LogP contribution in [0.15, 0.2) is 67.0 Å². The third-order valence-corrected chi connectivity index (χ3v) is 5.01. The monoisotopic (exact) mass is 444 g/mol. The van der Waals surface area contributed by atoms with Crippen LogP contribution < -0.4 is 10.1 Å². The molecular weight excluding hydrogens is 420 g/mol. The molecule has 2 aromatic heterocycles.